The van der Waals surface area contributed by atoms with Gasteiger partial charge in [0, 0.05) is 68.6 Å². The zero-order chi connectivity index (χ0) is 81.3. The average molecular weight is 1580 g/mol. The number of hydrogen-bond donors (Lipinski definition) is 16. The molecule has 3 fully saturated rings. The molecule has 13 amide bonds. The SMILES string of the molecule is CSCC[C@H](NC(=O)[C@H](CC(C)C)NC(=O)CNC(=O)[C@H](Cc1ccccc1)NC(=O)[C@H](Cc1ccccc1)NC(=O)[C@H](CCC(N)=O)NC(=O)[C@H](CCC(N)=O)NC(=O)[C@@H]1CCCN1C(=O)[C@H](CCCCNC(=O)[C@H]1O[C@H](O[C@H]2C=C[C@H]3[C@H]4Cc5ccc(O)c6c5[C@@]3(CCN4C)[C@H]2O6)[C@H](O)[C@@H](O)[C@@H]1O)NC(C)=O)C(N)=O. The molecule has 35 heteroatoms. The second-order valence-corrected chi connectivity index (χ2v) is 31.0. The largest absolute Gasteiger partial charge is 0.504 e. The summed E-state index contributed by atoms with van der Waals surface area (Å²) in [6, 6.07) is 9.74. The van der Waals surface area contributed by atoms with E-state index in [4.69, 9.17) is 31.4 Å². The lowest BCUT2D eigenvalue weighted by Gasteiger charge is -2.57. The minimum absolute atomic E-state index is 0.00360. The lowest BCUT2D eigenvalue weighted by Crippen LogP contribution is -2.66. The third-order valence-corrected chi connectivity index (χ3v) is 22.1. The molecule has 6 aliphatic rings. The van der Waals surface area contributed by atoms with Gasteiger partial charge >= 0.3 is 0 Å². The van der Waals surface area contributed by atoms with Gasteiger partial charge in [-0.1, -0.05) is 92.7 Å². The molecule has 0 radical (unpaired) electrons. The minimum atomic E-state index is -1.89. The van der Waals surface area contributed by atoms with Crippen molar-refractivity contribution in [3.63, 3.8) is 0 Å². The fraction of sp³-hybridized carbons (Fsp3) is 0.571. The number of likely N-dealkylation sites (tertiary alicyclic amines) is 2. The third-order valence-electron chi connectivity index (χ3n) is 21.5. The van der Waals surface area contributed by atoms with Gasteiger partial charge in [-0.25, -0.2) is 0 Å². The molecule has 0 saturated carbocycles. The number of piperidine rings is 1. The number of carbonyl (C=O) groups excluding carboxylic acids is 13. The van der Waals surface area contributed by atoms with Crippen LogP contribution in [0.25, 0.3) is 0 Å². The second-order valence-electron chi connectivity index (χ2n) is 30.0. The van der Waals surface area contributed by atoms with Crippen LogP contribution in [0.5, 0.6) is 11.5 Å². The average Bonchev–Trinajstić information content (AvgIpc) is 1.49. The molecule has 9 rings (SSSR count). The van der Waals surface area contributed by atoms with Gasteiger partial charge in [0.2, 0.25) is 70.9 Å². The molecule has 2 bridgehead atoms. The Kier molecular flexibility index (Phi) is 30.5. The van der Waals surface area contributed by atoms with Crippen molar-refractivity contribution in [1.82, 2.24) is 57.7 Å². The van der Waals surface area contributed by atoms with Crippen LogP contribution < -0.4 is 69.8 Å². The number of unbranched alkanes of at least 4 members (excludes halogenated alkanes) is 1. The lowest BCUT2D eigenvalue weighted by atomic mass is 9.53. The molecule has 1 spiro atoms. The van der Waals surface area contributed by atoms with E-state index >= 15 is 0 Å². The molecular formula is C77H106N14O20S. The number of hydrogen-bond acceptors (Lipinski definition) is 22. The molecule has 0 aromatic heterocycles. The number of thioether (sulfide) groups is 1. The predicted molar refractivity (Wildman–Crippen MR) is 406 cm³/mol. The Bertz CT molecular complexity index is 3940. The van der Waals surface area contributed by atoms with E-state index in [1.54, 1.807) is 72.8 Å². The molecule has 0 unspecified atom stereocenters. The maximum Gasteiger partial charge on any atom is 0.252 e. The van der Waals surface area contributed by atoms with Crippen molar-refractivity contribution in [2.75, 3.05) is 45.2 Å². The highest BCUT2D eigenvalue weighted by molar-refractivity contribution is 7.98. The number of aliphatic hydroxyl groups excluding tert-OH is 3. The molecule has 4 aliphatic heterocycles. The topological polar surface area (TPSA) is 523 Å². The van der Waals surface area contributed by atoms with Crippen molar-refractivity contribution in [2.24, 2.45) is 29.0 Å². The molecule has 19 N–H and O–H groups in total. The number of likely N-dealkylation sites (N-methyl/N-ethyl adjacent to an activating group) is 1. The van der Waals surface area contributed by atoms with Crippen LogP contribution in [0.1, 0.15) is 120 Å². The highest BCUT2D eigenvalue weighted by Crippen LogP contribution is 2.63. The van der Waals surface area contributed by atoms with E-state index in [1.807, 2.05) is 26.2 Å². The Morgan fingerprint density at radius 1 is 0.643 bits per heavy atom. The first-order valence-electron chi connectivity index (χ1n) is 38.0. The normalized spacial score (nSPS) is 24.5. The first kappa shape index (κ1) is 86.2. The number of benzene rings is 3. The summed E-state index contributed by atoms with van der Waals surface area (Å²) in [5.41, 5.74) is 19.2. The molecule has 112 heavy (non-hydrogen) atoms. The van der Waals surface area contributed by atoms with Crippen molar-refractivity contribution >= 4 is 88.6 Å². The molecule has 2 aliphatic carbocycles. The van der Waals surface area contributed by atoms with E-state index in [0.29, 0.717) is 35.5 Å². The van der Waals surface area contributed by atoms with Crippen LogP contribution in [0.15, 0.2) is 84.9 Å². The van der Waals surface area contributed by atoms with Gasteiger partial charge in [-0.2, -0.15) is 11.8 Å². The summed E-state index contributed by atoms with van der Waals surface area (Å²) in [5.74, 6) is -10.0. The van der Waals surface area contributed by atoms with Crippen LogP contribution in [-0.2, 0) is 96.5 Å². The number of phenolic OH excluding ortho intramolecular Hbond substituents is 1. The summed E-state index contributed by atoms with van der Waals surface area (Å²) in [4.78, 5) is 181. The summed E-state index contributed by atoms with van der Waals surface area (Å²) in [5, 5.41) is 68.0. The fourth-order valence-electron chi connectivity index (χ4n) is 15.8. The van der Waals surface area contributed by atoms with Gasteiger partial charge in [0.1, 0.15) is 78.9 Å². The zero-order valence-electron chi connectivity index (χ0n) is 63.5. The molecule has 18 atom stereocenters. The van der Waals surface area contributed by atoms with Crippen LogP contribution in [-0.4, -0.2) is 250 Å². The number of ether oxygens (including phenoxy) is 3. The number of primary amides is 3. The van der Waals surface area contributed by atoms with Gasteiger partial charge in [0.05, 0.1) is 6.54 Å². The van der Waals surface area contributed by atoms with Crippen molar-refractivity contribution < 1.29 is 97.0 Å². The summed E-state index contributed by atoms with van der Waals surface area (Å²) in [6.07, 6.45) is -4.46. The summed E-state index contributed by atoms with van der Waals surface area (Å²) < 4.78 is 18.9. The number of nitrogens with two attached hydrogens (primary N) is 3. The number of amides is 13. The first-order chi connectivity index (χ1) is 53.4. The van der Waals surface area contributed by atoms with Gasteiger partial charge in [-0.05, 0) is 125 Å². The van der Waals surface area contributed by atoms with Crippen LogP contribution in [0.4, 0.5) is 0 Å². The summed E-state index contributed by atoms with van der Waals surface area (Å²) in [7, 11) is 2.07. The Morgan fingerprint density at radius 3 is 1.85 bits per heavy atom. The molecule has 4 heterocycles. The monoisotopic (exact) mass is 1580 g/mol. The summed E-state index contributed by atoms with van der Waals surface area (Å²) in [6.45, 7) is 4.87. The standard InChI is InChI=1S/C77H106N14O20S/c1-40(2)35-50(71(104)85-46(67(80)100)29-34-112-5)84-59(96)39-82-68(101)51(36-42-15-8-6-9-16-42)88-72(105)52(37-43-17-10-7-11-18-43)89-70(103)47(23-27-57(78)94)86-69(102)48(24-28-58(79)95)87-73(106)53-20-14-32-91(53)75(108)49(83-41(3)92)19-12-13-31-81-74(107)65-62(98)61(97)63(99)76(111-65)109-56-26-22-45-54-38-44-21-25-55(93)64-60(44)77(45,66(56)110-64)30-33-90(54)4/h6-11,15-18,21-22,25-26,40,45-54,56,61-63,65-66,76,93,97-99H,12-14,19-20,23-24,27-39H2,1-5H3,(H2,78,94)(H2,79,95)(H2,80,100)(H,81,107)(H,82,101)(H,83,92)(H,84,96)(H,85,104)(H,86,102)(H,87,106)(H,88,105)(H,89,103)/t45-,46-,47-,48-,49-,50-,51-,52-,53-,54+,56-,61-,62-,63+,65-,66-,76-,77-/m0/s1. The number of phenols is 1. The first-order valence-corrected chi connectivity index (χ1v) is 39.4. The number of carbonyl (C=O) groups is 13. The van der Waals surface area contributed by atoms with Crippen LogP contribution in [0, 0.1) is 11.8 Å². The fourth-order valence-corrected chi connectivity index (χ4v) is 16.3. The Morgan fingerprint density at radius 2 is 1.24 bits per heavy atom. The van der Waals surface area contributed by atoms with E-state index in [0.717, 1.165) is 24.1 Å². The van der Waals surface area contributed by atoms with Gasteiger partial charge in [-0.15, -0.1) is 0 Å². The summed E-state index contributed by atoms with van der Waals surface area (Å²) >= 11 is 1.45. The van der Waals surface area contributed by atoms with E-state index in [2.05, 4.69) is 65.9 Å². The maximum absolute atomic E-state index is 14.7. The number of nitrogens with zero attached hydrogens (tertiary/aromatic N) is 2. The van der Waals surface area contributed by atoms with Gasteiger partial charge in [0.25, 0.3) is 5.91 Å². The van der Waals surface area contributed by atoms with Crippen molar-refractivity contribution in [2.45, 2.75) is 220 Å². The maximum atomic E-state index is 14.7. The van der Waals surface area contributed by atoms with Crippen LogP contribution in [0.2, 0.25) is 0 Å². The van der Waals surface area contributed by atoms with Crippen molar-refractivity contribution in [3.8, 4) is 11.5 Å². The van der Waals surface area contributed by atoms with Crippen molar-refractivity contribution in [3.05, 3.63) is 107 Å². The Hall–Kier alpha value is -9.78. The van der Waals surface area contributed by atoms with Crippen LogP contribution >= 0.6 is 11.8 Å². The number of nitrogens with one attached hydrogen (secondary N) is 9. The van der Waals surface area contributed by atoms with E-state index in [1.165, 1.54) is 23.6 Å². The molecule has 34 nitrogen and oxygen atoms in total. The Balaban J connectivity index is 0.818. The van der Waals surface area contributed by atoms with Crippen molar-refractivity contribution in [1.29, 1.82) is 0 Å². The smallest absolute Gasteiger partial charge is 0.252 e. The lowest BCUT2D eigenvalue weighted by molar-refractivity contribution is -0.304. The molecule has 3 aromatic carbocycles. The Labute approximate surface area is 653 Å². The number of aromatic hydroxyl groups is 1. The minimum Gasteiger partial charge on any atom is -0.504 e. The highest BCUT2D eigenvalue weighted by atomic mass is 32.2. The molecular weight excluding hydrogens is 1470 g/mol. The van der Waals surface area contributed by atoms with Gasteiger partial charge in [-0.3, -0.25) is 62.3 Å². The van der Waals surface area contributed by atoms with E-state index in [9.17, 15) is 82.8 Å². The van der Waals surface area contributed by atoms with E-state index < -0.39 is 206 Å². The number of aliphatic hydroxyl groups is 3. The highest BCUT2D eigenvalue weighted by Gasteiger charge is 2.65. The second kappa shape index (κ2) is 39.6. The zero-order valence-corrected chi connectivity index (χ0v) is 64.3. The third kappa shape index (κ3) is 21.7. The number of rotatable bonds is 40. The van der Waals surface area contributed by atoms with Gasteiger partial charge < -0.3 is 109 Å². The van der Waals surface area contributed by atoms with Crippen LogP contribution in [0.3, 0.4) is 0 Å². The molecule has 3 aromatic rings. The molecule has 610 valence electrons. The predicted octanol–water partition coefficient (Wildman–Crippen LogP) is -2.86. The molecule has 3 saturated heterocycles. The van der Waals surface area contributed by atoms with E-state index in [-0.39, 0.29) is 88.1 Å². The quantitative estimate of drug-likeness (QED) is 0.0201. The van der Waals surface area contributed by atoms with Gasteiger partial charge in [0.15, 0.2) is 23.9 Å².